The monoisotopic (exact) mass is 294 g/mol. The number of aliphatic hydroxyl groups is 2. The first-order valence-corrected chi connectivity index (χ1v) is 8.25. The molecule has 2 atom stereocenters. The number of ether oxygens (including phenoxy) is 1. The van der Waals surface area contributed by atoms with Gasteiger partial charge < -0.3 is 14.9 Å². The predicted molar refractivity (Wildman–Crippen MR) is 86.5 cm³/mol. The Labute approximate surface area is 129 Å². The summed E-state index contributed by atoms with van der Waals surface area (Å²) in [7, 11) is 0. The third kappa shape index (κ3) is 8.08. The van der Waals surface area contributed by atoms with Crippen LogP contribution in [0.15, 0.2) is 24.3 Å². The van der Waals surface area contributed by atoms with Crippen LogP contribution in [0.4, 0.5) is 0 Å². The van der Waals surface area contributed by atoms with Crippen molar-refractivity contribution in [2.75, 3.05) is 0 Å². The molecule has 0 saturated heterocycles. The van der Waals surface area contributed by atoms with Crippen molar-refractivity contribution in [1.29, 1.82) is 0 Å². The lowest BCUT2D eigenvalue weighted by Crippen LogP contribution is -2.28. The fourth-order valence-electron chi connectivity index (χ4n) is 2.30. The molecule has 1 rings (SSSR count). The molecule has 0 fully saturated rings. The molecule has 0 spiro atoms. The van der Waals surface area contributed by atoms with E-state index in [1.54, 1.807) is 6.07 Å². The van der Waals surface area contributed by atoms with Gasteiger partial charge in [-0.25, -0.2) is 0 Å². The summed E-state index contributed by atoms with van der Waals surface area (Å²) in [6.07, 6.45) is 8.10. The number of benzene rings is 1. The van der Waals surface area contributed by atoms with Crippen LogP contribution in [-0.4, -0.2) is 22.6 Å². The summed E-state index contributed by atoms with van der Waals surface area (Å²) in [5.41, 5.74) is 1.22. The summed E-state index contributed by atoms with van der Waals surface area (Å²) in [6.45, 7) is 3.75. The van der Waals surface area contributed by atoms with Crippen LogP contribution in [0.3, 0.4) is 0 Å². The Hall–Kier alpha value is -1.06. The average Bonchev–Trinajstić information content (AvgIpc) is 2.46. The molecule has 0 radical (unpaired) electrons. The molecule has 3 heteroatoms. The Bertz CT molecular complexity index is 376. The van der Waals surface area contributed by atoms with Crippen molar-refractivity contribution in [3.63, 3.8) is 0 Å². The topological polar surface area (TPSA) is 49.7 Å². The van der Waals surface area contributed by atoms with Crippen molar-refractivity contribution in [2.24, 2.45) is 0 Å². The Morgan fingerprint density at radius 3 is 2.33 bits per heavy atom. The van der Waals surface area contributed by atoms with Gasteiger partial charge in [-0.1, -0.05) is 57.6 Å². The van der Waals surface area contributed by atoms with Gasteiger partial charge in [0.2, 0.25) is 6.29 Å². The number of hydrogen-bond donors (Lipinski definition) is 2. The molecule has 0 aliphatic carbocycles. The molecule has 2 unspecified atom stereocenters. The molecular weight excluding hydrogens is 264 g/mol. The molecule has 2 N–H and O–H groups in total. The third-order valence-corrected chi connectivity index (χ3v) is 3.64. The summed E-state index contributed by atoms with van der Waals surface area (Å²) in [5, 5.41) is 18.8. The zero-order valence-electron chi connectivity index (χ0n) is 13.4. The van der Waals surface area contributed by atoms with Gasteiger partial charge in [-0.05, 0) is 37.5 Å². The van der Waals surface area contributed by atoms with Gasteiger partial charge in [0.15, 0.2) is 0 Å². The van der Waals surface area contributed by atoms with Gasteiger partial charge in [0.05, 0.1) is 0 Å². The van der Waals surface area contributed by atoms with Crippen molar-refractivity contribution in [3.05, 3.63) is 29.8 Å². The van der Waals surface area contributed by atoms with Crippen molar-refractivity contribution in [1.82, 2.24) is 0 Å². The second-order valence-corrected chi connectivity index (χ2v) is 5.77. The van der Waals surface area contributed by atoms with Crippen LogP contribution in [0.1, 0.15) is 64.4 Å². The molecule has 0 heterocycles. The highest BCUT2D eigenvalue weighted by Crippen LogP contribution is 2.17. The third-order valence-electron chi connectivity index (χ3n) is 3.64. The Balaban J connectivity index is 2.26. The first-order valence-electron chi connectivity index (χ1n) is 8.25. The van der Waals surface area contributed by atoms with Crippen LogP contribution in [0.25, 0.3) is 0 Å². The van der Waals surface area contributed by atoms with Crippen LogP contribution in [0.5, 0.6) is 5.75 Å². The second kappa shape index (κ2) is 10.6. The zero-order chi connectivity index (χ0) is 15.5. The summed E-state index contributed by atoms with van der Waals surface area (Å²) in [6, 6.07) is 7.77. The summed E-state index contributed by atoms with van der Waals surface area (Å²) >= 11 is 0. The first-order chi connectivity index (χ1) is 10.1. The van der Waals surface area contributed by atoms with Gasteiger partial charge in [0.1, 0.15) is 11.9 Å². The number of unbranched alkanes of at least 4 members (excludes halogenated alkanes) is 6. The van der Waals surface area contributed by atoms with Crippen molar-refractivity contribution in [2.45, 2.75) is 77.6 Å². The van der Waals surface area contributed by atoms with E-state index in [1.807, 2.05) is 12.1 Å². The number of rotatable bonds is 11. The Morgan fingerprint density at radius 2 is 1.67 bits per heavy atom. The van der Waals surface area contributed by atoms with E-state index in [-0.39, 0.29) is 0 Å². The van der Waals surface area contributed by atoms with Gasteiger partial charge in [-0.2, -0.15) is 0 Å². The maximum atomic E-state index is 9.52. The summed E-state index contributed by atoms with van der Waals surface area (Å²) in [4.78, 5) is 0. The van der Waals surface area contributed by atoms with Crippen molar-refractivity contribution < 1.29 is 14.9 Å². The molecule has 1 aromatic rings. The van der Waals surface area contributed by atoms with Gasteiger partial charge >= 0.3 is 0 Å². The minimum Gasteiger partial charge on any atom is -0.462 e. The molecule has 21 heavy (non-hydrogen) atoms. The number of hydrogen-bond acceptors (Lipinski definition) is 3. The lowest BCUT2D eigenvalue weighted by Gasteiger charge is -2.16. The second-order valence-electron chi connectivity index (χ2n) is 5.77. The van der Waals surface area contributed by atoms with Gasteiger partial charge in [-0.15, -0.1) is 0 Å². The maximum Gasteiger partial charge on any atom is 0.223 e. The lowest BCUT2D eigenvalue weighted by molar-refractivity contribution is -0.0959. The summed E-state index contributed by atoms with van der Waals surface area (Å²) < 4.78 is 5.29. The number of aryl methyl sites for hydroxylation is 1. The fraction of sp³-hybridized carbons (Fsp3) is 0.667. The highest BCUT2D eigenvalue weighted by Gasteiger charge is 2.12. The molecule has 3 nitrogen and oxygen atoms in total. The Kier molecular flexibility index (Phi) is 9.11. The minimum atomic E-state index is -1.17. The standard InChI is InChI=1S/C18H30O3/c1-3-4-5-6-7-8-9-11-16-12-10-13-17(14-16)21-18(20)15(2)19/h10,12-15,18-20H,3-9,11H2,1-2H3. The van der Waals surface area contributed by atoms with Gasteiger partial charge in [0, 0.05) is 0 Å². The van der Waals surface area contributed by atoms with Crippen LogP contribution < -0.4 is 4.74 Å². The fourth-order valence-corrected chi connectivity index (χ4v) is 2.30. The largest absolute Gasteiger partial charge is 0.462 e. The average molecular weight is 294 g/mol. The zero-order valence-corrected chi connectivity index (χ0v) is 13.4. The molecule has 0 aliphatic heterocycles. The molecule has 120 valence electrons. The molecule has 0 aromatic heterocycles. The van der Waals surface area contributed by atoms with Crippen molar-refractivity contribution in [3.8, 4) is 5.75 Å². The van der Waals surface area contributed by atoms with E-state index in [2.05, 4.69) is 13.0 Å². The lowest BCUT2D eigenvalue weighted by atomic mass is 10.0. The van der Waals surface area contributed by atoms with Crippen LogP contribution in [-0.2, 0) is 6.42 Å². The van der Waals surface area contributed by atoms with Crippen LogP contribution in [0.2, 0.25) is 0 Å². The highest BCUT2D eigenvalue weighted by molar-refractivity contribution is 5.28. The predicted octanol–water partition coefficient (Wildman–Crippen LogP) is 4.06. The molecule has 0 saturated carbocycles. The molecule has 1 aromatic carbocycles. The Morgan fingerprint density at radius 1 is 1.00 bits per heavy atom. The van der Waals surface area contributed by atoms with E-state index >= 15 is 0 Å². The van der Waals surface area contributed by atoms with E-state index in [0.29, 0.717) is 5.75 Å². The van der Waals surface area contributed by atoms with Gasteiger partial charge in [-0.3, -0.25) is 0 Å². The van der Waals surface area contributed by atoms with E-state index in [9.17, 15) is 10.2 Å². The quantitative estimate of drug-likeness (QED) is 0.478. The first kappa shape index (κ1) is 18.0. The molecule has 0 bridgehead atoms. The SMILES string of the molecule is CCCCCCCCCc1cccc(OC(O)C(C)O)c1. The van der Waals surface area contributed by atoms with E-state index in [0.717, 1.165) is 6.42 Å². The normalized spacial score (nSPS) is 13.9. The van der Waals surface area contributed by atoms with Crippen LogP contribution in [0, 0.1) is 0 Å². The smallest absolute Gasteiger partial charge is 0.223 e. The molecular formula is C18H30O3. The minimum absolute atomic E-state index is 0.615. The van der Waals surface area contributed by atoms with E-state index in [4.69, 9.17) is 4.74 Å². The highest BCUT2D eigenvalue weighted by atomic mass is 16.6. The van der Waals surface area contributed by atoms with E-state index in [1.165, 1.54) is 57.4 Å². The molecule has 0 aliphatic rings. The van der Waals surface area contributed by atoms with Crippen molar-refractivity contribution >= 4 is 0 Å². The number of aliphatic hydroxyl groups excluding tert-OH is 2. The van der Waals surface area contributed by atoms with Crippen LogP contribution >= 0.6 is 0 Å². The maximum absolute atomic E-state index is 9.52. The van der Waals surface area contributed by atoms with Gasteiger partial charge in [0.25, 0.3) is 0 Å². The molecule has 0 amide bonds. The van der Waals surface area contributed by atoms with E-state index < -0.39 is 12.4 Å². The summed E-state index contributed by atoms with van der Waals surface area (Å²) in [5.74, 6) is 0.615.